The topological polar surface area (TPSA) is 86.5 Å². The predicted octanol–water partition coefficient (Wildman–Crippen LogP) is 3.99. The average molecular weight is 408 g/mol. The van der Waals surface area contributed by atoms with Crippen molar-refractivity contribution in [2.75, 3.05) is 14.2 Å². The van der Waals surface area contributed by atoms with Crippen LogP contribution in [0.1, 0.15) is 16.2 Å². The molecule has 1 heterocycles. The molecule has 0 aliphatic heterocycles. The number of amides is 1. The van der Waals surface area contributed by atoms with E-state index in [1.54, 1.807) is 44.6 Å². The Morgan fingerprint density at radius 3 is 2.63 bits per heavy atom. The summed E-state index contributed by atoms with van der Waals surface area (Å²) in [5.74, 6) is 1.35. The van der Waals surface area contributed by atoms with Crippen LogP contribution in [0.2, 0.25) is 10.0 Å². The minimum atomic E-state index is -0.395. The normalized spacial score (nSPS) is 10.5. The molecule has 9 heteroatoms. The van der Waals surface area contributed by atoms with E-state index in [1.807, 2.05) is 0 Å². The van der Waals surface area contributed by atoms with Gasteiger partial charge in [0.2, 0.25) is 11.7 Å². The van der Waals surface area contributed by atoms with E-state index in [1.165, 1.54) is 6.07 Å². The summed E-state index contributed by atoms with van der Waals surface area (Å²) < 4.78 is 15.6. The second-order valence-corrected chi connectivity index (χ2v) is 6.23. The Morgan fingerprint density at radius 1 is 1.11 bits per heavy atom. The SMILES string of the molecule is COc1ccc(-c2noc(CNC(=O)c3cc(Cl)ccc3Cl)n2)cc1OC. The number of aromatic nitrogens is 2. The third-order valence-corrected chi connectivity index (χ3v) is 4.25. The van der Waals surface area contributed by atoms with Gasteiger partial charge in [-0.15, -0.1) is 0 Å². The Kier molecular flexibility index (Phi) is 5.83. The molecule has 0 saturated carbocycles. The van der Waals surface area contributed by atoms with Crippen molar-refractivity contribution in [1.29, 1.82) is 0 Å². The van der Waals surface area contributed by atoms with Crippen LogP contribution in [0, 0.1) is 0 Å². The minimum Gasteiger partial charge on any atom is -0.493 e. The lowest BCUT2D eigenvalue weighted by atomic mass is 10.2. The highest BCUT2D eigenvalue weighted by molar-refractivity contribution is 6.35. The monoisotopic (exact) mass is 407 g/mol. The number of benzene rings is 2. The van der Waals surface area contributed by atoms with Gasteiger partial charge in [0.15, 0.2) is 11.5 Å². The number of halogens is 2. The molecule has 7 nitrogen and oxygen atoms in total. The van der Waals surface area contributed by atoms with Crippen LogP contribution in [-0.2, 0) is 6.54 Å². The van der Waals surface area contributed by atoms with Gasteiger partial charge >= 0.3 is 0 Å². The maximum Gasteiger partial charge on any atom is 0.253 e. The average Bonchev–Trinajstić information content (AvgIpc) is 3.16. The molecular weight excluding hydrogens is 393 g/mol. The smallest absolute Gasteiger partial charge is 0.253 e. The van der Waals surface area contributed by atoms with Gasteiger partial charge in [-0.3, -0.25) is 4.79 Å². The first-order valence-electron chi connectivity index (χ1n) is 7.80. The van der Waals surface area contributed by atoms with Gasteiger partial charge in [0, 0.05) is 10.6 Å². The quantitative estimate of drug-likeness (QED) is 0.664. The summed E-state index contributed by atoms with van der Waals surface area (Å²) in [5, 5.41) is 7.30. The molecule has 0 bridgehead atoms. The van der Waals surface area contributed by atoms with Crippen LogP contribution in [0.15, 0.2) is 40.9 Å². The second kappa shape index (κ2) is 8.28. The second-order valence-electron chi connectivity index (χ2n) is 5.39. The van der Waals surface area contributed by atoms with E-state index in [4.69, 9.17) is 37.2 Å². The Balaban J connectivity index is 1.71. The highest BCUT2D eigenvalue weighted by atomic mass is 35.5. The van der Waals surface area contributed by atoms with E-state index in [-0.39, 0.29) is 18.0 Å². The highest BCUT2D eigenvalue weighted by Crippen LogP contribution is 2.31. The zero-order chi connectivity index (χ0) is 19.4. The number of nitrogens with zero attached hydrogens (tertiary/aromatic N) is 2. The summed E-state index contributed by atoms with van der Waals surface area (Å²) in [4.78, 5) is 16.5. The third-order valence-electron chi connectivity index (χ3n) is 3.68. The van der Waals surface area contributed by atoms with E-state index in [0.717, 1.165) is 0 Å². The predicted molar refractivity (Wildman–Crippen MR) is 100 cm³/mol. The first kappa shape index (κ1) is 19.0. The fourth-order valence-electron chi connectivity index (χ4n) is 2.34. The zero-order valence-corrected chi connectivity index (χ0v) is 16.0. The van der Waals surface area contributed by atoms with Gasteiger partial charge < -0.3 is 19.3 Å². The van der Waals surface area contributed by atoms with Gasteiger partial charge in [0.05, 0.1) is 31.4 Å². The number of methoxy groups -OCH3 is 2. The molecule has 0 spiro atoms. The maximum absolute atomic E-state index is 12.2. The Bertz CT molecular complexity index is 975. The van der Waals surface area contributed by atoms with Gasteiger partial charge in [-0.2, -0.15) is 4.98 Å². The summed E-state index contributed by atoms with van der Waals surface area (Å²) in [7, 11) is 3.10. The van der Waals surface area contributed by atoms with Gasteiger partial charge in [-0.25, -0.2) is 0 Å². The summed E-state index contributed by atoms with van der Waals surface area (Å²) in [6.07, 6.45) is 0. The summed E-state index contributed by atoms with van der Waals surface area (Å²) >= 11 is 11.9. The van der Waals surface area contributed by atoms with Crippen LogP contribution >= 0.6 is 23.2 Å². The molecule has 0 aliphatic carbocycles. The number of ether oxygens (including phenoxy) is 2. The van der Waals surface area contributed by atoms with Crippen LogP contribution in [0.25, 0.3) is 11.4 Å². The lowest BCUT2D eigenvalue weighted by molar-refractivity contribution is 0.0946. The van der Waals surface area contributed by atoms with E-state index < -0.39 is 5.91 Å². The molecule has 0 unspecified atom stereocenters. The van der Waals surface area contributed by atoms with Crippen LogP contribution in [0.4, 0.5) is 0 Å². The molecule has 0 radical (unpaired) electrons. The van der Waals surface area contributed by atoms with Crippen LogP contribution in [0.5, 0.6) is 11.5 Å². The largest absolute Gasteiger partial charge is 0.493 e. The number of carbonyl (C=O) groups is 1. The van der Waals surface area contributed by atoms with Crippen molar-refractivity contribution in [3.05, 3.63) is 57.9 Å². The number of carbonyl (C=O) groups excluding carboxylic acids is 1. The summed E-state index contributed by atoms with van der Waals surface area (Å²) in [5.41, 5.74) is 0.954. The first-order chi connectivity index (χ1) is 13.0. The van der Waals surface area contributed by atoms with Crippen LogP contribution < -0.4 is 14.8 Å². The van der Waals surface area contributed by atoms with Gasteiger partial charge in [-0.05, 0) is 36.4 Å². The molecule has 3 rings (SSSR count). The molecule has 1 aromatic heterocycles. The molecule has 27 heavy (non-hydrogen) atoms. The number of hydrogen-bond acceptors (Lipinski definition) is 6. The number of rotatable bonds is 6. The summed E-state index contributed by atoms with van der Waals surface area (Å²) in [6, 6.07) is 9.90. The highest BCUT2D eigenvalue weighted by Gasteiger charge is 2.15. The van der Waals surface area contributed by atoms with Gasteiger partial charge in [0.25, 0.3) is 5.91 Å². The lowest BCUT2D eigenvalue weighted by Crippen LogP contribution is -2.23. The molecule has 0 fully saturated rings. The fourth-order valence-corrected chi connectivity index (χ4v) is 2.72. The standard InChI is InChI=1S/C18H15Cl2N3O4/c1-25-14-6-3-10(7-15(14)26-2)17-22-16(27-23-17)9-21-18(24)12-8-11(19)4-5-13(12)20/h3-8H,9H2,1-2H3,(H,21,24). The van der Waals surface area contributed by atoms with Crippen LogP contribution in [-0.4, -0.2) is 30.3 Å². The molecule has 3 aromatic rings. The third kappa shape index (κ3) is 4.32. The minimum absolute atomic E-state index is 0.0436. The van der Waals surface area contributed by atoms with E-state index in [0.29, 0.717) is 32.9 Å². The summed E-state index contributed by atoms with van der Waals surface area (Å²) in [6.45, 7) is 0.0436. The molecule has 2 aromatic carbocycles. The lowest BCUT2D eigenvalue weighted by Gasteiger charge is -2.07. The number of nitrogens with one attached hydrogen (secondary N) is 1. The van der Waals surface area contributed by atoms with E-state index in [2.05, 4.69) is 15.5 Å². The maximum atomic E-state index is 12.2. The van der Waals surface area contributed by atoms with Crippen molar-refractivity contribution < 1.29 is 18.8 Å². The van der Waals surface area contributed by atoms with Crippen molar-refractivity contribution in [1.82, 2.24) is 15.5 Å². The molecule has 0 aliphatic rings. The molecule has 1 amide bonds. The van der Waals surface area contributed by atoms with Crippen LogP contribution in [0.3, 0.4) is 0 Å². The zero-order valence-electron chi connectivity index (χ0n) is 14.5. The van der Waals surface area contributed by atoms with Crippen molar-refractivity contribution in [3.8, 4) is 22.9 Å². The van der Waals surface area contributed by atoms with E-state index in [9.17, 15) is 4.79 Å². The van der Waals surface area contributed by atoms with Gasteiger partial charge in [-0.1, -0.05) is 28.4 Å². The van der Waals surface area contributed by atoms with Crippen molar-refractivity contribution in [2.45, 2.75) is 6.54 Å². The fraction of sp³-hybridized carbons (Fsp3) is 0.167. The van der Waals surface area contributed by atoms with E-state index >= 15 is 0 Å². The molecule has 140 valence electrons. The molecule has 0 saturated heterocycles. The van der Waals surface area contributed by atoms with Crippen molar-refractivity contribution in [3.63, 3.8) is 0 Å². The number of hydrogen-bond donors (Lipinski definition) is 1. The molecule has 0 atom stereocenters. The Morgan fingerprint density at radius 2 is 1.89 bits per heavy atom. The Hall–Kier alpha value is -2.77. The first-order valence-corrected chi connectivity index (χ1v) is 8.55. The van der Waals surface area contributed by atoms with Crippen molar-refractivity contribution in [2.24, 2.45) is 0 Å². The van der Waals surface area contributed by atoms with Crippen molar-refractivity contribution >= 4 is 29.1 Å². The Labute approximate surface area is 165 Å². The molecular formula is C18H15Cl2N3O4. The van der Waals surface area contributed by atoms with Gasteiger partial charge in [0.1, 0.15) is 0 Å². The molecule has 1 N–H and O–H groups in total.